The first-order valence-electron chi connectivity index (χ1n) is 9.09. The van der Waals surface area contributed by atoms with E-state index in [-0.39, 0.29) is 0 Å². The minimum Gasteiger partial charge on any atom is -0.303 e. The van der Waals surface area contributed by atoms with Gasteiger partial charge >= 0.3 is 7.82 Å². The van der Waals surface area contributed by atoms with E-state index in [1.54, 1.807) is 13.8 Å². The first-order valence-corrected chi connectivity index (χ1v) is 10.6. The topological polar surface area (TPSA) is 83.8 Å². The number of unbranched alkanes of at least 4 members (excludes halogenated alkanes) is 4. The van der Waals surface area contributed by atoms with Crippen molar-refractivity contribution in [3.63, 3.8) is 0 Å². The van der Waals surface area contributed by atoms with Crippen LogP contribution in [0.15, 0.2) is 0 Å². The summed E-state index contributed by atoms with van der Waals surface area (Å²) in [6, 6.07) is 0. The molecule has 0 bridgehead atoms. The molecule has 5 nitrogen and oxygen atoms in total. The molecule has 0 radical (unpaired) electrons. The van der Waals surface area contributed by atoms with E-state index >= 15 is 0 Å². The minimum atomic E-state index is -4.44. The van der Waals surface area contributed by atoms with Crippen LogP contribution in [0.2, 0.25) is 0 Å². The molecular formula is C18H37O5P. The van der Waals surface area contributed by atoms with Gasteiger partial charge in [0.25, 0.3) is 0 Å². The Hall–Kier alpha value is -0.220. The summed E-state index contributed by atoms with van der Waals surface area (Å²) in [6.07, 6.45) is 8.87. The van der Waals surface area contributed by atoms with Crippen LogP contribution in [0.3, 0.4) is 0 Å². The lowest BCUT2D eigenvalue weighted by molar-refractivity contribution is -0.119. The molecule has 0 fully saturated rings. The zero-order valence-electron chi connectivity index (χ0n) is 16.1. The van der Waals surface area contributed by atoms with E-state index in [1.165, 1.54) is 12.8 Å². The molecule has 0 rings (SSSR count). The summed E-state index contributed by atoms with van der Waals surface area (Å²) in [5, 5.41) is 0. The van der Waals surface area contributed by atoms with Crippen molar-refractivity contribution < 1.29 is 23.7 Å². The van der Waals surface area contributed by atoms with Gasteiger partial charge in [-0.3, -0.25) is 9.32 Å². The standard InChI is InChI=1S/C18H37O5P/c1-17(2,3)14-10-6-8-12-16(19)13-9-7-11-15-18(4,5)23-24(20,21)22/h6-15H2,1-5H3,(H2,20,21,22). The highest BCUT2D eigenvalue weighted by Gasteiger charge is 2.28. The molecule has 0 aliphatic rings. The third kappa shape index (κ3) is 16.6. The first-order chi connectivity index (χ1) is 10.8. The molecule has 6 heteroatoms. The van der Waals surface area contributed by atoms with Crippen LogP contribution >= 0.6 is 7.82 Å². The number of hydrogen-bond acceptors (Lipinski definition) is 3. The van der Waals surface area contributed by atoms with Gasteiger partial charge in [-0.15, -0.1) is 0 Å². The second-order valence-electron chi connectivity index (χ2n) is 8.56. The highest BCUT2D eigenvalue weighted by Crippen LogP contribution is 2.42. The van der Waals surface area contributed by atoms with Gasteiger partial charge in [-0.2, -0.15) is 0 Å². The fourth-order valence-corrected chi connectivity index (χ4v) is 3.43. The maximum absolute atomic E-state index is 11.8. The molecule has 0 atom stereocenters. The van der Waals surface area contributed by atoms with Crippen LogP contribution in [0.4, 0.5) is 0 Å². The lowest BCUT2D eigenvalue weighted by Gasteiger charge is -2.25. The molecule has 0 saturated heterocycles. The molecular weight excluding hydrogens is 327 g/mol. The normalized spacial score (nSPS) is 13.3. The number of carbonyl (C=O) groups is 1. The van der Waals surface area contributed by atoms with E-state index in [2.05, 4.69) is 20.8 Å². The SMILES string of the molecule is CC(C)(C)CCCCCC(=O)CCCCCC(C)(C)OP(=O)(O)O. The maximum atomic E-state index is 11.8. The second kappa shape index (κ2) is 10.7. The number of phosphoric acid groups is 1. The van der Waals surface area contributed by atoms with Gasteiger partial charge in [0.15, 0.2) is 0 Å². The van der Waals surface area contributed by atoms with Crippen molar-refractivity contribution in [2.45, 2.75) is 104 Å². The monoisotopic (exact) mass is 364 g/mol. The second-order valence-corrected chi connectivity index (χ2v) is 9.73. The zero-order valence-corrected chi connectivity index (χ0v) is 17.0. The van der Waals surface area contributed by atoms with Crippen LogP contribution in [-0.2, 0) is 13.9 Å². The van der Waals surface area contributed by atoms with Gasteiger partial charge in [-0.25, -0.2) is 4.57 Å². The Bertz CT molecular complexity index is 406. The van der Waals surface area contributed by atoms with Gasteiger partial charge in [0.05, 0.1) is 5.60 Å². The average molecular weight is 364 g/mol. The van der Waals surface area contributed by atoms with E-state index in [0.717, 1.165) is 32.1 Å². The van der Waals surface area contributed by atoms with Crippen LogP contribution in [0.25, 0.3) is 0 Å². The number of phosphoric ester groups is 1. The Morgan fingerprint density at radius 3 is 1.71 bits per heavy atom. The van der Waals surface area contributed by atoms with Crippen LogP contribution in [0.1, 0.15) is 98.8 Å². The molecule has 144 valence electrons. The van der Waals surface area contributed by atoms with E-state index < -0.39 is 13.4 Å². The minimum absolute atomic E-state index is 0.330. The molecule has 0 aromatic heterocycles. The molecule has 2 N–H and O–H groups in total. The van der Waals surface area contributed by atoms with E-state index in [1.807, 2.05) is 0 Å². The van der Waals surface area contributed by atoms with E-state index in [0.29, 0.717) is 30.5 Å². The van der Waals surface area contributed by atoms with Crippen molar-refractivity contribution in [1.29, 1.82) is 0 Å². The molecule has 0 aromatic rings. The van der Waals surface area contributed by atoms with Gasteiger partial charge in [-0.1, -0.05) is 46.5 Å². The van der Waals surface area contributed by atoms with Crippen LogP contribution in [0.5, 0.6) is 0 Å². The van der Waals surface area contributed by atoms with Gasteiger partial charge in [0.1, 0.15) is 5.78 Å². The van der Waals surface area contributed by atoms with Crippen molar-refractivity contribution in [1.82, 2.24) is 0 Å². The predicted octanol–water partition coefficient (Wildman–Crippen LogP) is 5.39. The highest BCUT2D eigenvalue weighted by atomic mass is 31.2. The van der Waals surface area contributed by atoms with E-state index in [4.69, 9.17) is 14.3 Å². The number of rotatable bonds is 13. The quantitative estimate of drug-likeness (QED) is 0.338. The fraction of sp³-hybridized carbons (Fsp3) is 0.944. The van der Waals surface area contributed by atoms with Crippen LogP contribution < -0.4 is 0 Å². The molecule has 0 unspecified atom stereocenters. The summed E-state index contributed by atoms with van der Waals surface area (Å²) in [7, 11) is -4.44. The molecule has 24 heavy (non-hydrogen) atoms. The van der Waals surface area contributed by atoms with Crippen molar-refractivity contribution in [3.8, 4) is 0 Å². The van der Waals surface area contributed by atoms with Gasteiger partial charge in [0.2, 0.25) is 0 Å². The van der Waals surface area contributed by atoms with Gasteiger partial charge < -0.3 is 9.79 Å². The van der Waals surface area contributed by atoms with Gasteiger partial charge in [-0.05, 0) is 44.9 Å². The van der Waals surface area contributed by atoms with Crippen LogP contribution in [0, 0.1) is 5.41 Å². The third-order valence-corrected chi connectivity index (χ3v) is 4.71. The number of carbonyl (C=O) groups excluding carboxylic acids is 1. The summed E-state index contributed by atoms with van der Waals surface area (Å²) < 4.78 is 15.6. The summed E-state index contributed by atoms with van der Waals surface area (Å²) in [5.41, 5.74) is -0.461. The highest BCUT2D eigenvalue weighted by molar-refractivity contribution is 7.46. The first kappa shape index (κ1) is 23.8. The Morgan fingerprint density at radius 2 is 1.29 bits per heavy atom. The van der Waals surface area contributed by atoms with Crippen molar-refractivity contribution in [3.05, 3.63) is 0 Å². The lowest BCUT2D eigenvalue weighted by Crippen LogP contribution is -2.22. The maximum Gasteiger partial charge on any atom is 0.470 e. The Morgan fingerprint density at radius 1 is 0.833 bits per heavy atom. The summed E-state index contributed by atoms with van der Waals surface area (Å²) in [5.74, 6) is 0.330. The van der Waals surface area contributed by atoms with Crippen molar-refractivity contribution in [2.75, 3.05) is 0 Å². The molecule has 0 saturated carbocycles. The lowest BCUT2D eigenvalue weighted by atomic mass is 9.89. The third-order valence-electron chi connectivity index (χ3n) is 3.98. The average Bonchev–Trinajstić information content (AvgIpc) is 2.33. The largest absolute Gasteiger partial charge is 0.470 e. The molecule has 0 aromatic carbocycles. The van der Waals surface area contributed by atoms with Gasteiger partial charge in [0, 0.05) is 12.8 Å². The summed E-state index contributed by atoms with van der Waals surface area (Å²) in [6.45, 7) is 10.1. The summed E-state index contributed by atoms with van der Waals surface area (Å²) in [4.78, 5) is 29.5. The molecule has 0 amide bonds. The van der Waals surface area contributed by atoms with Crippen molar-refractivity contribution >= 4 is 13.6 Å². The summed E-state index contributed by atoms with van der Waals surface area (Å²) >= 11 is 0. The Balaban J connectivity index is 3.64. The predicted molar refractivity (Wildman–Crippen MR) is 97.8 cm³/mol. The zero-order chi connectivity index (χ0) is 18.9. The molecule has 0 aliphatic heterocycles. The number of ketones is 1. The molecule has 0 heterocycles. The number of Topliss-reactive ketones (excluding diaryl/α,β-unsaturated/α-hetero) is 1. The molecule has 0 aliphatic carbocycles. The fourth-order valence-electron chi connectivity index (χ4n) is 2.70. The Labute approximate surface area is 147 Å². The van der Waals surface area contributed by atoms with Crippen molar-refractivity contribution in [2.24, 2.45) is 5.41 Å². The smallest absolute Gasteiger partial charge is 0.303 e. The number of hydrogen-bond donors (Lipinski definition) is 2. The van der Waals surface area contributed by atoms with E-state index in [9.17, 15) is 9.36 Å². The Kier molecular flexibility index (Phi) is 10.6. The molecule has 0 spiro atoms. The van der Waals surface area contributed by atoms with Crippen LogP contribution in [-0.4, -0.2) is 21.2 Å².